The zero-order chi connectivity index (χ0) is 59.9. The number of nitrogens with one attached hydrogen (secondary N) is 11. The highest BCUT2D eigenvalue weighted by Gasteiger charge is 2.38. The number of unbranched alkanes of at least 4 members (excludes halogenated alkanes) is 4. The van der Waals surface area contributed by atoms with Crippen molar-refractivity contribution < 1.29 is 73.2 Å². The summed E-state index contributed by atoms with van der Waals surface area (Å²) in [6.45, 7) is 6.69. The van der Waals surface area contributed by atoms with Gasteiger partial charge in [-0.1, -0.05) is 46.5 Å². The Bertz CT molecular complexity index is 2000. The minimum Gasteiger partial charge on any atom is -0.394 e. The van der Waals surface area contributed by atoms with Gasteiger partial charge in [-0.2, -0.15) is 0 Å². The van der Waals surface area contributed by atoms with Crippen molar-refractivity contribution in [2.75, 3.05) is 39.3 Å². The molecule has 79 heavy (non-hydrogen) atoms. The van der Waals surface area contributed by atoms with Gasteiger partial charge in [-0.25, -0.2) is 0 Å². The third kappa shape index (κ3) is 25.7. The predicted molar refractivity (Wildman–Crippen MR) is 287 cm³/mol. The molecule has 30 heteroatoms. The van der Waals surface area contributed by atoms with Gasteiger partial charge in [-0.15, -0.1) is 0 Å². The van der Waals surface area contributed by atoms with Crippen LogP contribution in [0.1, 0.15) is 119 Å². The van der Waals surface area contributed by atoms with Crippen LogP contribution in [-0.4, -0.2) is 203 Å². The first-order chi connectivity index (χ1) is 37.3. The molecular weight excluding hydrogens is 1040 g/mol. The fourth-order valence-electron chi connectivity index (χ4n) is 8.10. The molecule has 0 aromatic rings. The molecule has 13 atom stereocenters. The van der Waals surface area contributed by atoms with Crippen LogP contribution in [0.15, 0.2) is 0 Å². The summed E-state index contributed by atoms with van der Waals surface area (Å²) < 4.78 is 0. The van der Waals surface area contributed by atoms with E-state index in [4.69, 9.17) is 22.9 Å². The second-order valence-corrected chi connectivity index (χ2v) is 20.0. The van der Waals surface area contributed by atoms with Crippen molar-refractivity contribution in [1.82, 2.24) is 58.5 Å². The smallest absolute Gasteiger partial charge is 0.245 e. The maximum atomic E-state index is 14.2. The van der Waals surface area contributed by atoms with Gasteiger partial charge in [0.2, 0.25) is 65.0 Å². The van der Waals surface area contributed by atoms with Crippen LogP contribution >= 0.6 is 0 Å². The number of nitrogens with two attached hydrogens (primary N) is 4. The Kier molecular flexibility index (Phi) is 33.8. The van der Waals surface area contributed by atoms with E-state index < -0.39 is 163 Å². The summed E-state index contributed by atoms with van der Waals surface area (Å²) in [6.07, 6.45) is -1.70. The largest absolute Gasteiger partial charge is 0.394 e. The molecule has 1 aliphatic heterocycles. The number of carbonyl (C=O) groups is 11. The first-order valence-corrected chi connectivity index (χ1v) is 27.1. The zero-order valence-electron chi connectivity index (χ0n) is 46.4. The lowest BCUT2D eigenvalue weighted by Gasteiger charge is -2.29. The third-order valence-corrected chi connectivity index (χ3v) is 12.6. The summed E-state index contributed by atoms with van der Waals surface area (Å²) >= 11 is 0. The summed E-state index contributed by atoms with van der Waals surface area (Å²) in [5, 5.41) is 69.0. The summed E-state index contributed by atoms with van der Waals surface area (Å²) in [5.74, 6) is -11.2. The zero-order valence-corrected chi connectivity index (χ0v) is 46.4. The van der Waals surface area contributed by atoms with Crippen LogP contribution in [0.3, 0.4) is 0 Å². The van der Waals surface area contributed by atoms with Crippen molar-refractivity contribution in [3.8, 4) is 0 Å². The Balaban J connectivity index is 3.76. The van der Waals surface area contributed by atoms with E-state index in [2.05, 4.69) is 65.4 Å². The molecule has 1 heterocycles. The number of aliphatic hydroxyl groups excluding tert-OH is 4. The second-order valence-electron chi connectivity index (χ2n) is 20.0. The average molecular weight is 1130 g/mol. The van der Waals surface area contributed by atoms with E-state index in [0.29, 0.717) is 6.42 Å². The number of carbonyl (C=O) groups excluding carboxylic acids is 11. The van der Waals surface area contributed by atoms with E-state index in [9.17, 15) is 73.2 Å². The van der Waals surface area contributed by atoms with Gasteiger partial charge in [0.1, 0.15) is 60.4 Å². The minimum absolute atomic E-state index is 0.0274. The second kappa shape index (κ2) is 37.7. The van der Waals surface area contributed by atoms with Crippen LogP contribution in [0.4, 0.5) is 0 Å². The Morgan fingerprint density at radius 1 is 0.557 bits per heavy atom. The Labute approximate surface area is 461 Å². The molecule has 0 unspecified atom stereocenters. The standard InChI is InChI=1S/C49H91N15O15/c1-7-8-9-10-11-12-36(69)55-29(13-18-50)43(73)63-38(27(5)67)48(78)59-31(15-20-52)41(71)57-33-17-22-54-47(77)37(26(4)66)62-44(74)32(16-21-53)56-40(70)30(14-19-51)58-49(79)39(28(6)68)64-45(75)34(23-25(2)3)60-46(76)35(24-65)61-42(33)72/h25-35,37-39,65-68H,7-24,50-53H2,1-6H3,(H,54,77)(H,55,69)(H,56,70)(H,57,71)(H,58,79)(H,59,78)(H,60,76)(H,61,72)(H,62,74)(H,63,73)(H,64,75)/t26-,27-,28-,29+,30+,31-,32+,33+,34-,35+,37+,38+,39+/m1/s1. The van der Waals surface area contributed by atoms with Crippen LogP contribution < -0.4 is 81.4 Å². The SMILES string of the molecule is CCCCCCCC(=O)N[C@@H](CCN)C(=O)N[C@H](C(=O)N[C@H](CCN)C(=O)N[C@H]1CCNC(=O)[C@H]([C@@H](C)O)NC(=O)[C@H](CCN)NC(=O)[C@H](CCN)NC(=O)[C@H]([C@@H](C)O)NC(=O)[C@@H](CC(C)C)NC(=O)[C@H](CO)NC1=O)[C@@H](C)O. The molecule has 1 rings (SSSR count). The topological polar surface area (TPSA) is 505 Å². The molecule has 0 bridgehead atoms. The minimum atomic E-state index is -1.85. The van der Waals surface area contributed by atoms with Crippen LogP contribution in [0.5, 0.6) is 0 Å². The van der Waals surface area contributed by atoms with E-state index in [1.54, 1.807) is 13.8 Å². The molecule has 0 aliphatic carbocycles. The van der Waals surface area contributed by atoms with Gasteiger partial charge >= 0.3 is 0 Å². The average Bonchev–Trinajstić information content (AvgIpc) is 3.37. The summed E-state index contributed by atoms with van der Waals surface area (Å²) in [5.41, 5.74) is 23.1. The van der Waals surface area contributed by atoms with E-state index in [0.717, 1.165) is 39.5 Å². The van der Waals surface area contributed by atoms with Gasteiger partial charge in [0.25, 0.3) is 0 Å². The lowest BCUT2D eigenvalue weighted by atomic mass is 10.0. The number of amides is 11. The molecule has 0 aromatic carbocycles. The van der Waals surface area contributed by atoms with Crippen molar-refractivity contribution in [3.05, 3.63) is 0 Å². The van der Waals surface area contributed by atoms with Crippen molar-refractivity contribution in [1.29, 1.82) is 0 Å². The van der Waals surface area contributed by atoms with E-state index >= 15 is 0 Å². The molecule has 0 spiro atoms. The molecular formula is C49H91N15O15. The van der Waals surface area contributed by atoms with Crippen LogP contribution in [0.25, 0.3) is 0 Å². The van der Waals surface area contributed by atoms with Crippen molar-refractivity contribution >= 4 is 65.0 Å². The Morgan fingerprint density at radius 2 is 1.04 bits per heavy atom. The molecule has 30 nitrogen and oxygen atoms in total. The highest BCUT2D eigenvalue weighted by atomic mass is 16.3. The predicted octanol–water partition coefficient (Wildman–Crippen LogP) is -7.71. The lowest BCUT2D eigenvalue weighted by molar-refractivity contribution is -0.137. The van der Waals surface area contributed by atoms with Gasteiger partial charge in [-0.3, -0.25) is 52.7 Å². The molecule has 23 N–H and O–H groups in total. The number of hydrogen-bond donors (Lipinski definition) is 19. The summed E-state index contributed by atoms with van der Waals surface area (Å²) in [7, 11) is 0. The van der Waals surface area contributed by atoms with Gasteiger partial charge in [0.05, 0.1) is 24.9 Å². The fourth-order valence-corrected chi connectivity index (χ4v) is 8.10. The molecule has 0 radical (unpaired) electrons. The quantitative estimate of drug-likeness (QED) is 0.0340. The van der Waals surface area contributed by atoms with Gasteiger partial charge in [-0.05, 0) is 97.8 Å². The molecule has 1 saturated heterocycles. The number of hydrogen-bond acceptors (Lipinski definition) is 19. The molecule has 1 aliphatic rings. The van der Waals surface area contributed by atoms with Gasteiger partial charge < -0.3 is 102 Å². The van der Waals surface area contributed by atoms with E-state index in [-0.39, 0.29) is 70.6 Å². The Morgan fingerprint density at radius 3 is 1.54 bits per heavy atom. The summed E-state index contributed by atoms with van der Waals surface area (Å²) in [4.78, 5) is 151. The van der Waals surface area contributed by atoms with Crippen LogP contribution in [-0.2, 0) is 52.7 Å². The maximum absolute atomic E-state index is 14.2. The molecule has 1 fully saturated rings. The molecule has 452 valence electrons. The first-order valence-electron chi connectivity index (χ1n) is 27.1. The van der Waals surface area contributed by atoms with Crippen molar-refractivity contribution in [3.63, 3.8) is 0 Å². The molecule has 0 saturated carbocycles. The Hall–Kier alpha value is -6.15. The molecule has 0 aromatic heterocycles. The monoisotopic (exact) mass is 1130 g/mol. The van der Waals surface area contributed by atoms with Crippen LogP contribution in [0.2, 0.25) is 0 Å². The van der Waals surface area contributed by atoms with E-state index in [1.807, 2.05) is 0 Å². The van der Waals surface area contributed by atoms with Crippen molar-refractivity contribution in [2.45, 2.75) is 197 Å². The van der Waals surface area contributed by atoms with Gasteiger partial charge in [0.15, 0.2) is 0 Å². The molecule has 11 amide bonds. The third-order valence-electron chi connectivity index (χ3n) is 12.6. The maximum Gasteiger partial charge on any atom is 0.245 e. The van der Waals surface area contributed by atoms with E-state index in [1.165, 1.54) is 6.92 Å². The van der Waals surface area contributed by atoms with Crippen LogP contribution in [0, 0.1) is 5.92 Å². The lowest BCUT2D eigenvalue weighted by Crippen LogP contribution is -2.62. The normalized spacial score (nSPS) is 23.8. The van der Waals surface area contributed by atoms with Crippen molar-refractivity contribution in [2.24, 2.45) is 28.9 Å². The van der Waals surface area contributed by atoms with Gasteiger partial charge in [0, 0.05) is 13.0 Å². The highest BCUT2D eigenvalue weighted by Crippen LogP contribution is 2.10. The first kappa shape index (κ1) is 70.9. The fraction of sp³-hybridized carbons (Fsp3) is 0.776. The number of aliphatic hydroxyl groups is 4. The summed E-state index contributed by atoms with van der Waals surface area (Å²) in [6, 6.07) is -16.0. The number of rotatable bonds is 27. The highest BCUT2D eigenvalue weighted by molar-refractivity contribution is 5.99.